The summed E-state index contributed by atoms with van der Waals surface area (Å²) in [6.07, 6.45) is 4.47. The molecular formula is C19H26ClN5O. The maximum absolute atomic E-state index is 10.4. The molecule has 0 spiro atoms. The molecule has 0 aliphatic carbocycles. The summed E-state index contributed by atoms with van der Waals surface area (Å²) in [5, 5.41) is 18.7. The third kappa shape index (κ3) is 4.56. The van der Waals surface area contributed by atoms with Crippen LogP contribution in [0.4, 0.5) is 0 Å². The fourth-order valence-electron chi connectivity index (χ4n) is 3.26. The summed E-state index contributed by atoms with van der Waals surface area (Å²) in [5.74, 6) is 1.32. The zero-order valence-corrected chi connectivity index (χ0v) is 16.0. The number of aliphatic hydroxyl groups excluding tert-OH is 1. The maximum Gasteiger partial charge on any atom is 0.194 e. The topological polar surface area (TPSA) is 65.7 Å². The van der Waals surface area contributed by atoms with E-state index in [1.807, 2.05) is 30.1 Å². The van der Waals surface area contributed by atoms with Crippen LogP contribution in [0.2, 0.25) is 5.02 Å². The van der Waals surface area contributed by atoms with Gasteiger partial charge in [0.25, 0.3) is 0 Å². The van der Waals surface area contributed by atoms with Crippen molar-refractivity contribution in [1.82, 2.24) is 20.0 Å². The lowest BCUT2D eigenvalue weighted by Crippen LogP contribution is -2.40. The van der Waals surface area contributed by atoms with Gasteiger partial charge in [0.05, 0.1) is 18.8 Å². The van der Waals surface area contributed by atoms with Gasteiger partial charge in [0.1, 0.15) is 0 Å². The molecule has 6 nitrogen and oxygen atoms in total. The summed E-state index contributed by atoms with van der Waals surface area (Å²) in [7, 11) is 1.94. The molecule has 1 fully saturated rings. The Morgan fingerprint density at radius 3 is 2.85 bits per heavy atom. The number of benzene rings is 1. The molecule has 1 aromatic heterocycles. The van der Waals surface area contributed by atoms with Gasteiger partial charge in [-0.1, -0.05) is 23.7 Å². The third-order valence-corrected chi connectivity index (χ3v) is 4.94. The molecule has 140 valence electrons. The second-order valence-corrected chi connectivity index (χ2v) is 7.08. The molecule has 3 rings (SSSR count). The van der Waals surface area contributed by atoms with Crippen LogP contribution in [0.15, 0.2) is 41.7 Å². The van der Waals surface area contributed by atoms with Crippen LogP contribution in [-0.2, 0) is 7.05 Å². The van der Waals surface area contributed by atoms with Crippen LogP contribution in [0.5, 0.6) is 0 Å². The van der Waals surface area contributed by atoms with Gasteiger partial charge >= 0.3 is 0 Å². The van der Waals surface area contributed by atoms with Gasteiger partial charge in [-0.25, -0.2) is 0 Å². The number of nitrogens with one attached hydrogen (secondary N) is 1. The van der Waals surface area contributed by atoms with Crippen molar-refractivity contribution in [2.75, 3.05) is 26.2 Å². The standard InChI is InChI=1S/C19H26ClN5O/c1-3-21-19(22-11-18(26)14-4-6-17(20)7-5-14)25-9-8-15(13-25)16-10-23-24(2)12-16/h4-7,10,12,15,18,26H,3,8-9,11,13H2,1-2H3,(H,21,22). The Balaban J connectivity index is 1.64. The summed E-state index contributed by atoms with van der Waals surface area (Å²) in [5.41, 5.74) is 2.09. The van der Waals surface area contributed by atoms with Crippen molar-refractivity contribution in [2.24, 2.45) is 12.0 Å². The van der Waals surface area contributed by atoms with Crippen LogP contribution in [0, 0.1) is 0 Å². The second-order valence-electron chi connectivity index (χ2n) is 6.64. The van der Waals surface area contributed by atoms with Gasteiger partial charge in [0, 0.05) is 43.8 Å². The third-order valence-electron chi connectivity index (χ3n) is 4.69. The maximum atomic E-state index is 10.4. The minimum atomic E-state index is -0.641. The van der Waals surface area contributed by atoms with Gasteiger partial charge in [0.15, 0.2) is 5.96 Å². The molecule has 1 aromatic carbocycles. The Morgan fingerprint density at radius 2 is 2.19 bits per heavy atom. The van der Waals surface area contributed by atoms with E-state index in [1.165, 1.54) is 5.56 Å². The van der Waals surface area contributed by atoms with Crippen molar-refractivity contribution in [3.63, 3.8) is 0 Å². The predicted octanol–water partition coefficient (Wildman–Crippen LogP) is 2.56. The van der Waals surface area contributed by atoms with Gasteiger partial charge in [-0.2, -0.15) is 5.10 Å². The number of likely N-dealkylation sites (tertiary alicyclic amines) is 1. The van der Waals surface area contributed by atoms with Crippen LogP contribution in [-0.4, -0.2) is 51.9 Å². The molecule has 1 aliphatic rings. The van der Waals surface area contributed by atoms with Crippen molar-refractivity contribution >= 4 is 17.6 Å². The number of aryl methyl sites for hydroxylation is 1. The lowest BCUT2D eigenvalue weighted by atomic mass is 10.0. The Kier molecular flexibility index (Phi) is 6.16. The lowest BCUT2D eigenvalue weighted by Gasteiger charge is -2.22. The van der Waals surface area contributed by atoms with E-state index in [-0.39, 0.29) is 0 Å². The van der Waals surface area contributed by atoms with E-state index in [0.717, 1.165) is 37.6 Å². The smallest absolute Gasteiger partial charge is 0.194 e. The molecule has 2 atom stereocenters. The fraction of sp³-hybridized carbons (Fsp3) is 0.474. The van der Waals surface area contributed by atoms with Crippen molar-refractivity contribution in [2.45, 2.75) is 25.4 Å². The number of aromatic nitrogens is 2. The molecule has 2 unspecified atom stereocenters. The summed E-state index contributed by atoms with van der Waals surface area (Å²) in [6.45, 7) is 5.03. The van der Waals surface area contributed by atoms with Crippen LogP contribution in [0.1, 0.15) is 36.5 Å². The van der Waals surface area contributed by atoms with Crippen molar-refractivity contribution < 1.29 is 5.11 Å². The summed E-state index contributed by atoms with van der Waals surface area (Å²) < 4.78 is 1.85. The molecule has 26 heavy (non-hydrogen) atoms. The van der Waals surface area contributed by atoms with E-state index in [2.05, 4.69) is 33.4 Å². The van der Waals surface area contributed by atoms with E-state index >= 15 is 0 Å². The first-order chi connectivity index (χ1) is 12.6. The average Bonchev–Trinajstić information content (AvgIpc) is 3.28. The van der Waals surface area contributed by atoms with Gasteiger partial charge in [-0.3, -0.25) is 9.67 Å². The molecule has 2 aromatic rings. The minimum Gasteiger partial charge on any atom is -0.386 e. The molecular weight excluding hydrogens is 350 g/mol. The SMILES string of the molecule is CCNC(=NCC(O)c1ccc(Cl)cc1)N1CCC(c2cnn(C)c2)C1. The number of rotatable bonds is 5. The Morgan fingerprint density at radius 1 is 1.42 bits per heavy atom. The first kappa shape index (κ1) is 18.7. The average molecular weight is 376 g/mol. The normalized spacial score (nSPS) is 19.0. The Bertz CT molecular complexity index is 743. The number of nitrogens with zero attached hydrogens (tertiary/aromatic N) is 4. The first-order valence-electron chi connectivity index (χ1n) is 9.02. The molecule has 1 saturated heterocycles. The molecule has 2 N–H and O–H groups in total. The van der Waals surface area contributed by atoms with Crippen LogP contribution in [0.3, 0.4) is 0 Å². The lowest BCUT2D eigenvalue weighted by molar-refractivity contribution is 0.186. The van der Waals surface area contributed by atoms with Crippen molar-refractivity contribution in [3.8, 4) is 0 Å². The molecule has 2 heterocycles. The second kappa shape index (κ2) is 8.56. The Labute approximate surface area is 159 Å². The predicted molar refractivity (Wildman–Crippen MR) is 105 cm³/mol. The highest BCUT2D eigenvalue weighted by molar-refractivity contribution is 6.30. The summed E-state index contributed by atoms with van der Waals surface area (Å²) >= 11 is 5.91. The van der Waals surface area contributed by atoms with Crippen molar-refractivity contribution in [3.05, 3.63) is 52.8 Å². The van der Waals surface area contributed by atoms with Gasteiger partial charge in [0.2, 0.25) is 0 Å². The molecule has 7 heteroatoms. The Hall–Kier alpha value is -2.05. The van der Waals surface area contributed by atoms with E-state index in [4.69, 9.17) is 11.6 Å². The number of aliphatic hydroxyl groups is 1. The van der Waals surface area contributed by atoms with Crippen molar-refractivity contribution in [1.29, 1.82) is 0 Å². The van der Waals surface area contributed by atoms with Gasteiger partial charge in [-0.05, 0) is 36.6 Å². The summed E-state index contributed by atoms with van der Waals surface area (Å²) in [4.78, 5) is 6.91. The van der Waals surface area contributed by atoms with E-state index < -0.39 is 6.10 Å². The highest BCUT2D eigenvalue weighted by Gasteiger charge is 2.27. The number of guanidine groups is 1. The molecule has 0 amide bonds. The van der Waals surface area contributed by atoms with Gasteiger partial charge in [-0.15, -0.1) is 0 Å². The molecule has 0 saturated carbocycles. The number of hydrogen-bond acceptors (Lipinski definition) is 3. The van der Waals surface area contributed by atoms with E-state index in [1.54, 1.807) is 12.1 Å². The molecule has 0 radical (unpaired) electrons. The number of aliphatic imine (C=N–C) groups is 1. The number of hydrogen-bond donors (Lipinski definition) is 2. The zero-order valence-electron chi connectivity index (χ0n) is 15.3. The summed E-state index contributed by atoms with van der Waals surface area (Å²) in [6, 6.07) is 7.25. The number of halogens is 1. The van der Waals surface area contributed by atoms with Gasteiger partial charge < -0.3 is 15.3 Å². The quantitative estimate of drug-likeness (QED) is 0.622. The largest absolute Gasteiger partial charge is 0.386 e. The van der Waals surface area contributed by atoms with Crippen LogP contribution in [0.25, 0.3) is 0 Å². The monoisotopic (exact) mass is 375 g/mol. The molecule has 1 aliphatic heterocycles. The first-order valence-corrected chi connectivity index (χ1v) is 9.40. The van der Waals surface area contributed by atoms with E-state index in [9.17, 15) is 5.11 Å². The minimum absolute atomic E-state index is 0.317. The van der Waals surface area contributed by atoms with Crippen LogP contribution < -0.4 is 5.32 Å². The highest BCUT2D eigenvalue weighted by atomic mass is 35.5. The molecule has 0 bridgehead atoms. The zero-order chi connectivity index (χ0) is 18.5. The fourth-order valence-corrected chi connectivity index (χ4v) is 3.39. The van der Waals surface area contributed by atoms with Crippen LogP contribution >= 0.6 is 11.6 Å². The van der Waals surface area contributed by atoms with E-state index in [0.29, 0.717) is 17.5 Å². The highest BCUT2D eigenvalue weighted by Crippen LogP contribution is 2.26.